The minimum Gasteiger partial charge on any atom is -0.478 e. The molecule has 0 unspecified atom stereocenters. The Labute approximate surface area is 127 Å². The van der Waals surface area contributed by atoms with Crippen LogP contribution in [0.5, 0.6) is 0 Å². The molecule has 0 bridgehead atoms. The monoisotopic (exact) mass is 332 g/mol. The first kappa shape index (κ1) is 15.6. The number of carbonyl (C=O) groups is 1. The summed E-state index contributed by atoms with van der Waals surface area (Å²) in [6, 6.07) is 6.66. The second-order valence-corrected chi connectivity index (χ2v) is 5.61. The van der Waals surface area contributed by atoms with E-state index in [9.17, 15) is 18.0 Å². The van der Waals surface area contributed by atoms with Gasteiger partial charge in [-0.3, -0.25) is 0 Å². The maximum absolute atomic E-state index is 13.0. The summed E-state index contributed by atoms with van der Waals surface area (Å²) in [6.45, 7) is 0. The van der Waals surface area contributed by atoms with Crippen LogP contribution in [0, 0.1) is 0 Å². The van der Waals surface area contributed by atoms with Crippen LogP contribution in [0.2, 0.25) is 5.02 Å². The van der Waals surface area contributed by atoms with E-state index in [1.165, 1.54) is 24.3 Å². The molecular weight excluding hydrogens is 325 g/mol. The van der Waals surface area contributed by atoms with E-state index in [-0.39, 0.29) is 10.6 Å². The molecule has 21 heavy (non-hydrogen) atoms. The van der Waals surface area contributed by atoms with Gasteiger partial charge in [0.2, 0.25) is 0 Å². The van der Waals surface area contributed by atoms with Crippen LogP contribution in [0.25, 0.3) is 16.5 Å². The van der Waals surface area contributed by atoms with Crippen LogP contribution >= 0.6 is 22.9 Å². The number of aliphatic carboxylic acids is 1. The second kappa shape index (κ2) is 5.91. The Hall–Kier alpha value is -1.79. The summed E-state index contributed by atoms with van der Waals surface area (Å²) in [4.78, 5) is 11.4. The van der Waals surface area contributed by atoms with Crippen LogP contribution in [0.3, 0.4) is 0 Å². The van der Waals surface area contributed by atoms with E-state index in [1.54, 1.807) is 6.07 Å². The largest absolute Gasteiger partial charge is 0.478 e. The van der Waals surface area contributed by atoms with E-state index in [0.29, 0.717) is 9.75 Å². The first-order chi connectivity index (χ1) is 9.77. The minimum atomic E-state index is -4.51. The van der Waals surface area contributed by atoms with E-state index in [0.717, 1.165) is 23.5 Å². The molecule has 0 radical (unpaired) electrons. The molecule has 2 aromatic rings. The number of carboxylic acid groups (broad SMARTS) is 1. The average molecular weight is 333 g/mol. The maximum atomic E-state index is 13.0. The van der Waals surface area contributed by atoms with E-state index >= 15 is 0 Å². The van der Waals surface area contributed by atoms with Crippen LogP contribution in [0.1, 0.15) is 10.4 Å². The smallest absolute Gasteiger partial charge is 0.417 e. The number of halogens is 4. The van der Waals surface area contributed by atoms with Crippen molar-refractivity contribution in [2.75, 3.05) is 0 Å². The molecule has 0 aliphatic rings. The molecule has 0 aliphatic carbocycles. The van der Waals surface area contributed by atoms with E-state index < -0.39 is 17.7 Å². The molecule has 1 aromatic carbocycles. The number of carboxylic acids is 1. The molecule has 1 aromatic heterocycles. The fourth-order valence-electron chi connectivity index (χ4n) is 1.71. The third kappa shape index (κ3) is 3.86. The molecule has 0 atom stereocenters. The Kier molecular flexibility index (Phi) is 4.39. The van der Waals surface area contributed by atoms with Gasteiger partial charge in [0, 0.05) is 26.4 Å². The fourth-order valence-corrected chi connectivity index (χ4v) is 2.83. The SMILES string of the molecule is O=C(O)/C=C/c1ccc(-c2ccc(Cl)cc2C(F)(F)F)s1. The zero-order valence-electron chi connectivity index (χ0n) is 10.3. The van der Waals surface area contributed by atoms with Crippen LogP contribution in [0.4, 0.5) is 13.2 Å². The number of rotatable bonds is 3. The quantitative estimate of drug-likeness (QED) is 0.786. The van der Waals surface area contributed by atoms with Crippen molar-refractivity contribution >= 4 is 35.0 Å². The summed E-state index contributed by atoms with van der Waals surface area (Å²) in [6.07, 6.45) is -2.25. The molecule has 0 saturated carbocycles. The second-order valence-electron chi connectivity index (χ2n) is 4.06. The Bertz CT molecular complexity index is 704. The summed E-state index contributed by atoms with van der Waals surface area (Å²) in [7, 11) is 0. The van der Waals surface area contributed by atoms with Gasteiger partial charge in [-0.15, -0.1) is 11.3 Å². The summed E-state index contributed by atoms with van der Waals surface area (Å²) in [5.74, 6) is -1.12. The van der Waals surface area contributed by atoms with Crippen molar-refractivity contribution in [3.63, 3.8) is 0 Å². The van der Waals surface area contributed by atoms with E-state index in [1.807, 2.05) is 0 Å². The molecule has 1 N–H and O–H groups in total. The first-order valence-electron chi connectivity index (χ1n) is 5.65. The maximum Gasteiger partial charge on any atom is 0.417 e. The van der Waals surface area contributed by atoms with Gasteiger partial charge in [-0.2, -0.15) is 13.2 Å². The average Bonchev–Trinajstić information content (AvgIpc) is 2.84. The minimum absolute atomic E-state index is 0.00799. The fraction of sp³-hybridized carbons (Fsp3) is 0.0714. The molecule has 0 saturated heterocycles. The van der Waals surface area contributed by atoms with Gasteiger partial charge in [-0.25, -0.2) is 4.79 Å². The predicted octanol–water partition coefficient (Wildman–Crippen LogP) is 5.19. The molecule has 2 nitrogen and oxygen atoms in total. The molecule has 0 aliphatic heterocycles. The molecule has 110 valence electrons. The molecule has 0 spiro atoms. The Morgan fingerprint density at radius 1 is 1.24 bits per heavy atom. The molecule has 2 rings (SSSR count). The topological polar surface area (TPSA) is 37.3 Å². The highest BCUT2D eigenvalue weighted by Crippen LogP contribution is 2.40. The van der Waals surface area contributed by atoms with Gasteiger partial charge in [-0.1, -0.05) is 17.7 Å². The zero-order valence-corrected chi connectivity index (χ0v) is 11.9. The van der Waals surface area contributed by atoms with Crippen LogP contribution in [-0.2, 0) is 11.0 Å². The molecular formula is C14H8ClF3O2S. The van der Waals surface area contributed by atoms with Crippen molar-refractivity contribution in [1.82, 2.24) is 0 Å². The van der Waals surface area contributed by atoms with Crippen LogP contribution in [0.15, 0.2) is 36.4 Å². The Balaban J connectivity index is 2.45. The highest BCUT2D eigenvalue weighted by atomic mass is 35.5. The van der Waals surface area contributed by atoms with Gasteiger partial charge in [0.05, 0.1) is 5.56 Å². The van der Waals surface area contributed by atoms with Crippen molar-refractivity contribution in [3.8, 4) is 10.4 Å². The number of hydrogen-bond acceptors (Lipinski definition) is 2. The molecule has 7 heteroatoms. The van der Waals surface area contributed by atoms with Crippen molar-refractivity contribution < 1.29 is 23.1 Å². The Morgan fingerprint density at radius 2 is 1.95 bits per heavy atom. The third-order valence-corrected chi connectivity index (χ3v) is 3.89. The Morgan fingerprint density at radius 3 is 2.57 bits per heavy atom. The standard InChI is InChI=1S/C14H8ClF3O2S/c15-8-1-4-10(11(7-8)14(16,17)18)12-5-2-9(21-12)3-6-13(19)20/h1-7H,(H,19,20)/b6-3+. The van der Waals surface area contributed by atoms with Crippen molar-refractivity contribution in [1.29, 1.82) is 0 Å². The summed E-state index contributed by atoms with van der Waals surface area (Å²) in [5.41, 5.74) is -0.794. The predicted molar refractivity (Wildman–Crippen MR) is 76.4 cm³/mol. The molecule has 0 amide bonds. The van der Waals surface area contributed by atoms with Gasteiger partial charge in [-0.05, 0) is 30.3 Å². The van der Waals surface area contributed by atoms with Gasteiger partial charge < -0.3 is 5.11 Å². The lowest BCUT2D eigenvalue weighted by atomic mass is 10.1. The number of benzene rings is 1. The van der Waals surface area contributed by atoms with Crippen LogP contribution in [-0.4, -0.2) is 11.1 Å². The van der Waals surface area contributed by atoms with E-state index in [4.69, 9.17) is 16.7 Å². The van der Waals surface area contributed by atoms with Crippen molar-refractivity contribution in [3.05, 3.63) is 51.9 Å². The van der Waals surface area contributed by atoms with Gasteiger partial charge >= 0.3 is 12.1 Å². The van der Waals surface area contributed by atoms with Gasteiger partial charge in [0.1, 0.15) is 0 Å². The summed E-state index contributed by atoms with van der Waals surface area (Å²) in [5, 5.41) is 8.54. The van der Waals surface area contributed by atoms with Crippen molar-refractivity contribution in [2.24, 2.45) is 0 Å². The number of thiophene rings is 1. The van der Waals surface area contributed by atoms with E-state index in [2.05, 4.69) is 0 Å². The first-order valence-corrected chi connectivity index (χ1v) is 6.85. The summed E-state index contributed by atoms with van der Waals surface area (Å²) < 4.78 is 39.1. The highest BCUT2D eigenvalue weighted by molar-refractivity contribution is 7.16. The number of alkyl halides is 3. The lowest BCUT2D eigenvalue weighted by Crippen LogP contribution is -2.06. The summed E-state index contributed by atoms with van der Waals surface area (Å²) >= 11 is 6.70. The molecule has 1 heterocycles. The molecule has 0 fully saturated rings. The van der Waals surface area contributed by atoms with Gasteiger partial charge in [0.15, 0.2) is 0 Å². The third-order valence-electron chi connectivity index (χ3n) is 2.57. The normalized spacial score (nSPS) is 12.0. The van der Waals surface area contributed by atoms with Crippen molar-refractivity contribution in [2.45, 2.75) is 6.18 Å². The van der Waals surface area contributed by atoms with Crippen LogP contribution < -0.4 is 0 Å². The number of hydrogen-bond donors (Lipinski definition) is 1. The highest BCUT2D eigenvalue weighted by Gasteiger charge is 2.34. The lowest BCUT2D eigenvalue weighted by molar-refractivity contribution is -0.137. The van der Waals surface area contributed by atoms with Gasteiger partial charge in [0.25, 0.3) is 0 Å². The lowest BCUT2D eigenvalue weighted by Gasteiger charge is -2.12. The zero-order chi connectivity index (χ0) is 15.6.